The molecule has 0 unspecified atom stereocenters. The number of amides is 2. The molecule has 186 valence electrons. The molecule has 2 aromatic rings. The van der Waals surface area contributed by atoms with Crippen LogP contribution in [0.4, 0.5) is 15.5 Å². The predicted octanol–water partition coefficient (Wildman–Crippen LogP) is 5.68. The van der Waals surface area contributed by atoms with E-state index in [1.165, 1.54) is 13.3 Å². The fourth-order valence-corrected chi connectivity index (χ4v) is 3.57. The SMILES string of the molecule is COC(=O)Nc1nccc(-c2ccc(OC[C@](C)(CC(C)C)NC(=O)OC(C)(C)C)c(Cl)c2)n1. The number of ether oxygens (including phenoxy) is 3. The van der Waals surface area contributed by atoms with Gasteiger partial charge in [-0.1, -0.05) is 25.4 Å². The maximum Gasteiger partial charge on any atom is 0.413 e. The molecule has 0 spiro atoms. The highest BCUT2D eigenvalue weighted by Gasteiger charge is 2.31. The molecule has 0 saturated heterocycles. The zero-order chi connectivity index (χ0) is 25.5. The first-order chi connectivity index (χ1) is 15.8. The second-order valence-electron chi connectivity index (χ2n) is 9.60. The number of carbonyl (C=O) groups excluding carboxylic acids is 2. The van der Waals surface area contributed by atoms with Gasteiger partial charge in [-0.2, -0.15) is 0 Å². The second-order valence-corrected chi connectivity index (χ2v) is 10.0. The fourth-order valence-electron chi connectivity index (χ4n) is 3.33. The molecule has 0 aliphatic carbocycles. The minimum atomic E-state index is -0.667. The topological polar surface area (TPSA) is 112 Å². The molecule has 2 rings (SSSR count). The summed E-state index contributed by atoms with van der Waals surface area (Å²) in [4.78, 5) is 32.1. The normalized spacial score (nSPS) is 13.1. The third-order valence-electron chi connectivity index (χ3n) is 4.49. The Bertz CT molecular complexity index is 1010. The van der Waals surface area contributed by atoms with E-state index in [1.54, 1.807) is 24.3 Å². The number of aromatic nitrogens is 2. The lowest BCUT2D eigenvalue weighted by molar-refractivity contribution is 0.0408. The molecular weight excluding hydrogens is 460 g/mol. The Morgan fingerprint density at radius 1 is 1.12 bits per heavy atom. The van der Waals surface area contributed by atoms with Crippen molar-refractivity contribution in [3.05, 3.63) is 35.5 Å². The Labute approximate surface area is 205 Å². The molecule has 2 N–H and O–H groups in total. The third kappa shape index (κ3) is 8.70. The van der Waals surface area contributed by atoms with E-state index >= 15 is 0 Å². The van der Waals surface area contributed by atoms with Crippen LogP contribution in [0.25, 0.3) is 11.3 Å². The van der Waals surface area contributed by atoms with E-state index in [9.17, 15) is 9.59 Å². The maximum atomic E-state index is 12.4. The number of nitrogens with zero attached hydrogens (tertiary/aromatic N) is 2. The summed E-state index contributed by atoms with van der Waals surface area (Å²) >= 11 is 6.48. The van der Waals surface area contributed by atoms with Gasteiger partial charge >= 0.3 is 12.2 Å². The Hall–Kier alpha value is -3.07. The first kappa shape index (κ1) is 27.2. The predicted molar refractivity (Wildman–Crippen MR) is 131 cm³/mol. The van der Waals surface area contributed by atoms with Crippen LogP contribution in [0.1, 0.15) is 48.0 Å². The molecule has 0 bridgehead atoms. The van der Waals surface area contributed by atoms with Crippen LogP contribution in [0.15, 0.2) is 30.5 Å². The van der Waals surface area contributed by atoms with E-state index in [0.29, 0.717) is 34.4 Å². The number of rotatable bonds is 8. The van der Waals surface area contributed by atoms with Gasteiger partial charge in [0.05, 0.1) is 23.4 Å². The first-order valence-electron chi connectivity index (χ1n) is 10.9. The van der Waals surface area contributed by atoms with Crippen LogP contribution in [-0.2, 0) is 9.47 Å². The third-order valence-corrected chi connectivity index (χ3v) is 4.79. The van der Waals surface area contributed by atoms with Crippen molar-refractivity contribution in [1.82, 2.24) is 15.3 Å². The van der Waals surface area contributed by atoms with Gasteiger partial charge < -0.3 is 19.5 Å². The smallest absolute Gasteiger partial charge is 0.413 e. The molecule has 1 heterocycles. The number of hydrogen-bond acceptors (Lipinski definition) is 7. The number of halogens is 1. The lowest BCUT2D eigenvalue weighted by Crippen LogP contribution is -2.52. The number of alkyl carbamates (subject to hydrolysis) is 1. The van der Waals surface area contributed by atoms with Gasteiger partial charge in [0, 0.05) is 11.8 Å². The van der Waals surface area contributed by atoms with Crippen molar-refractivity contribution in [1.29, 1.82) is 0 Å². The van der Waals surface area contributed by atoms with E-state index in [0.717, 1.165) is 0 Å². The molecular formula is C24H33ClN4O5. The summed E-state index contributed by atoms with van der Waals surface area (Å²) in [6.07, 6.45) is 1.04. The van der Waals surface area contributed by atoms with Crippen molar-refractivity contribution in [3.63, 3.8) is 0 Å². The first-order valence-corrected chi connectivity index (χ1v) is 11.3. The summed E-state index contributed by atoms with van der Waals surface area (Å²) in [6, 6.07) is 6.93. The van der Waals surface area contributed by atoms with Gasteiger partial charge in [-0.15, -0.1) is 0 Å². The number of benzene rings is 1. The molecule has 0 fully saturated rings. The highest BCUT2D eigenvalue weighted by molar-refractivity contribution is 6.32. The van der Waals surface area contributed by atoms with E-state index < -0.39 is 23.3 Å². The van der Waals surface area contributed by atoms with Crippen molar-refractivity contribution in [2.75, 3.05) is 19.0 Å². The number of carbonyl (C=O) groups is 2. The van der Waals surface area contributed by atoms with Gasteiger partial charge in [0.25, 0.3) is 0 Å². The van der Waals surface area contributed by atoms with Gasteiger partial charge in [0.2, 0.25) is 5.95 Å². The summed E-state index contributed by atoms with van der Waals surface area (Å²) in [7, 11) is 1.26. The van der Waals surface area contributed by atoms with E-state index in [-0.39, 0.29) is 12.6 Å². The van der Waals surface area contributed by atoms with Crippen LogP contribution in [0.5, 0.6) is 5.75 Å². The van der Waals surface area contributed by atoms with Crippen LogP contribution < -0.4 is 15.4 Å². The molecule has 10 heteroatoms. The zero-order valence-electron chi connectivity index (χ0n) is 20.7. The Morgan fingerprint density at radius 3 is 2.41 bits per heavy atom. The molecule has 0 aliphatic heterocycles. The highest BCUT2D eigenvalue weighted by Crippen LogP contribution is 2.31. The number of anilines is 1. The molecule has 2 amide bonds. The average Bonchev–Trinajstić information content (AvgIpc) is 2.70. The molecule has 1 aromatic carbocycles. The molecule has 9 nitrogen and oxygen atoms in total. The monoisotopic (exact) mass is 492 g/mol. The number of hydrogen-bond donors (Lipinski definition) is 2. The molecule has 0 radical (unpaired) electrons. The minimum absolute atomic E-state index is 0.110. The quantitative estimate of drug-likeness (QED) is 0.487. The summed E-state index contributed by atoms with van der Waals surface area (Å²) in [6.45, 7) is 11.7. The summed E-state index contributed by atoms with van der Waals surface area (Å²) < 4.78 is 16.0. The summed E-state index contributed by atoms with van der Waals surface area (Å²) in [5.41, 5.74) is 0.00549. The van der Waals surface area contributed by atoms with Crippen LogP contribution in [0, 0.1) is 5.92 Å². The molecule has 0 saturated carbocycles. The Balaban J connectivity index is 2.15. The lowest BCUT2D eigenvalue weighted by atomic mass is 9.91. The van der Waals surface area contributed by atoms with Crippen LogP contribution in [0.3, 0.4) is 0 Å². The standard InChI is InChI=1S/C24H33ClN4O5/c1-15(2)13-24(6,29-22(31)34-23(3,4)5)14-33-19-9-8-16(12-17(19)25)18-10-11-26-20(27-18)28-21(30)32-7/h8-12,15H,13-14H2,1-7H3,(H,29,31)(H,26,27,28,30)/t24-/m0/s1. The number of nitrogens with one attached hydrogen (secondary N) is 2. The Kier molecular flexibility index (Phi) is 9.09. The van der Waals surface area contributed by atoms with Crippen molar-refractivity contribution in [2.45, 2.75) is 59.1 Å². The maximum absolute atomic E-state index is 12.4. The van der Waals surface area contributed by atoms with Gasteiger partial charge in [-0.3, -0.25) is 5.32 Å². The summed E-state index contributed by atoms with van der Waals surface area (Å²) in [5.74, 6) is 0.888. The van der Waals surface area contributed by atoms with Crippen LogP contribution >= 0.6 is 11.6 Å². The Morgan fingerprint density at radius 2 is 1.82 bits per heavy atom. The molecule has 1 atom stereocenters. The second kappa shape index (κ2) is 11.4. The van der Waals surface area contributed by atoms with Crippen molar-refractivity contribution in [2.24, 2.45) is 5.92 Å². The van der Waals surface area contributed by atoms with Crippen molar-refractivity contribution in [3.8, 4) is 17.0 Å². The van der Waals surface area contributed by atoms with E-state index in [2.05, 4.69) is 39.2 Å². The van der Waals surface area contributed by atoms with E-state index in [1.807, 2.05) is 27.7 Å². The van der Waals surface area contributed by atoms with Crippen molar-refractivity contribution < 1.29 is 23.8 Å². The largest absolute Gasteiger partial charge is 0.490 e. The van der Waals surface area contributed by atoms with Gasteiger partial charge in [-0.05, 0) is 64.3 Å². The zero-order valence-corrected chi connectivity index (χ0v) is 21.4. The molecule has 1 aromatic heterocycles. The van der Waals surface area contributed by atoms with Crippen molar-refractivity contribution >= 4 is 29.7 Å². The highest BCUT2D eigenvalue weighted by atomic mass is 35.5. The summed E-state index contributed by atoms with van der Waals surface area (Å²) in [5, 5.41) is 5.75. The lowest BCUT2D eigenvalue weighted by Gasteiger charge is -2.33. The van der Waals surface area contributed by atoms with Gasteiger partial charge in [0.15, 0.2) is 0 Å². The van der Waals surface area contributed by atoms with Gasteiger partial charge in [0.1, 0.15) is 18.0 Å². The van der Waals surface area contributed by atoms with E-state index in [4.69, 9.17) is 21.1 Å². The number of methoxy groups -OCH3 is 1. The van der Waals surface area contributed by atoms with Gasteiger partial charge in [-0.25, -0.2) is 19.6 Å². The minimum Gasteiger partial charge on any atom is -0.490 e. The molecule has 34 heavy (non-hydrogen) atoms. The van der Waals surface area contributed by atoms with Crippen LogP contribution in [0.2, 0.25) is 5.02 Å². The van der Waals surface area contributed by atoms with Crippen LogP contribution in [-0.4, -0.2) is 47.0 Å². The fraction of sp³-hybridized carbons (Fsp3) is 0.500. The molecule has 0 aliphatic rings. The average molecular weight is 493 g/mol.